The summed E-state index contributed by atoms with van der Waals surface area (Å²) in [5, 5.41) is 3.51. The van der Waals surface area contributed by atoms with Crippen molar-refractivity contribution in [2.75, 3.05) is 20.6 Å². The Morgan fingerprint density at radius 3 is 2.56 bits per heavy atom. The third kappa shape index (κ3) is 4.75. The highest BCUT2D eigenvalue weighted by molar-refractivity contribution is 5.17. The molecule has 1 atom stereocenters. The molecule has 0 saturated carbocycles. The van der Waals surface area contributed by atoms with E-state index < -0.39 is 0 Å². The van der Waals surface area contributed by atoms with Gasteiger partial charge >= 0.3 is 0 Å². The quantitative estimate of drug-likeness (QED) is 0.837. The molecule has 1 rings (SSSR count). The van der Waals surface area contributed by atoms with E-state index in [1.165, 1.54) is 6.07 Å². The van der Waals surface area contributed by atoms with Gasteiger partial charge in [0.15, 0.2) is 0 Å². The average molecular weight is 252 g/mol. The fourth-order valence-corrected chi connectivity index (χ4v) is 1.67. The van der Waals surface area contributed by atoms with E-state index in [0.29, 0.717) is 6.04 Å². The molecule has 1 aromatic rings. The van der Waals surface area contributed by atoms with Crippen LogP contribution in [0.1, 0.15) is 26.3 Å². The van der Waals surface area contributed by atoms with Gasteiger partial charge in [0.1, 0.15) is 5.82 Å². The molecule has 1 unspecified atom stereocenters. The Morgan fingerprint density at radius 2 is 2.00 bits per heavy atom. The minimum absolute atomic E-state index is 0.121. The topological polar surface area (TPSA) is 15.3 Å². The summed E-state index contributed by atoms with van der Waals surface area (Å²) in [5.41, 5.74) is 1.16. The van der Waals surface area contributed by atoms with Crippen molar-refractivity contribution >= 4 is 0 Å². The molecule has 3 heteroatoms. The van der Waals surface area contributed by atoms with Crippen LogP contribution in [0.4, 0.5) is 4.39 Å². The zero-order valence-corrected chi connectivity index (χ0v) is 12.1. The molecule has 0 spiro atoms. The van der Waals surface area contributed by atoms with Crippen LogP contribution in [0.5, 0.6) is 0 Å². The minimum atomic E-state index is -0.159. The van der Waals surface area contributed by atoms with E-state index in [0.717, 1.165) is 18.5 Å². The van der Waals surface area contributed by atoms with Crippen LogP contribution in [0.3, 0.4) is 0 Å². The molecule has 0 heterocycles. The molecule has 0 amide bonds. The molecule has 0 radical (unpaired) electrons. The lowest BCUT2D eigenvalue weighted by molar-refractivity contribution is 0.185. The van der Waals surface area contributed by atoms with Gasteiger partial charge in [-0.1, -0.05) is 12.1 Å². The first-order chi connectivity index (χ1) is 8.31. The minimum Gasteiger partial charge on any atom is -0.312 e. The predicted molar refractivity (Wildman–Crippen MR) is 75.3 cm³/mol. The van der Waals surface area contributed by atoms with E-state index in [1.807, 2.05) is 6.07 Å². The smallest absolute Gasteiger partial charge is 0.123 e. The number of nitrogens with zero attached hydrogens (tertiary/aromatic N) is 1. The van der Waals surface area contributed by atoms with Gasteiger partial charge in [0, 0.05) is 18.1 Å². The molecular formula is C15H25FN2. The van der Waals surface area contributed by atoms with Crippen LogP contribution in [0, 0.1) is 5.82 Å². The summed E-state index contributed by atoms with van der Waals surface area (Å²) in [7, 11) is 4.16. The second kappa shape index (κ2) is 6.30. The summed E-state index contributed by atoms with van der Waals surface area (Å²) >= 11 is 0. The zero-order valence-electron chi connectivity index (χ0n) is 12.1. The van der Waals surface area contributed by atoms with Gasteiger partial charge in [-0.15, -0.1) is 0 Å². The largest absolute Gasteiger partial charge is 0.312 e. The molecule has 102 valence electrons. The number of likely N-dealkylation sites (N-methyl/N-ethyl adjacent to an activating group) is 1. The number of benzene rings is 1. The predicted octanol–water partition coefficient (Wildman–Crippen LogP) is 2.69. The molecular weight excluding hydrogens is 227 g/mol. The van der Waals surface area contributed by atoms with Crippen molar-refractivity contribution in [3.8, 4) is 0 Å². The number of nitrogens with one attached hydrogen (secondary N) is 1. The molecule has 2 nitrogen and oxygen atoms in total. The Kier molecular flexibility index (Phi) is 5.29. The van der Waals surface area contributed by atoms with Crippen molar-refractivity contribution < 1.29 is 4.39 Å². The van der Waals surface area contributed by atoms with Crippen LogP contribution >= 0.6 is 0 Å². The fraction of sp³-hybridized carbons (Fsp3) is 0.600. The Hall–Kier alpha value is -0.930. The van der Waals surface area contributed by atoms with Gasteiger partial charge in [-0.3, -0.25) is 0 Å². The van der Waals surface area contributed by atoms with E-state index >= 15 is 0 Å². The standard InChI is InChI=1S/C15H25FN2/c1-12(17-11-15(2,3)18(4)5)9-13-7-6-8-14(16)10-13/h6-8,10,12,17H,9,11H2,1-5H3. The Bertz CT molecular complexity index is 375. The number of hydrogen-bond donors (Lipinski definition) is 1. The molecule has 0 aliphatic rings. The summed E-state index contributed by atoms with van der Waals surface area (Å²) in [4.78, 5) is 2.20. The summed E-state index contributed by atoms with van der Waals surface area (Å²) in [6.45, 7) is 7.46. The van der Waals surface area contributed by atoms with Crippen LogP contribution < -0.4 is 5.32 Å². The molecule has 1 aromatic carbocycles. The highest BCUT2D eigenvalue weighted by Gasteiger charge is 2.20. The molecule has 0 bridgehead atoms. The summed E-state index contributed by atoms with van der Waals surface area (Å²) < 4.78 is 13.1. The zero-order chi connectivity index (χ0) is 13.8. The van der Waals surface area contributed by atoms with Crippen LogP contribution in [-0.4, -0.2) is 37.1 Å². The van der Waals surface area contributed by atoms with Gasteiger partial charge in [0.25, 0.3) is 0 Å². The van der Waals surface area contributed by atoms with Crippen molar-refractivity contribution in [2.24, 2.45) is 0 Å². The van der Waals surface area contributed by atoms with E-state index in [4.69, 9.17) is 0 Å². The van der Waals surface area contributed by atoms with E-state index in [-0.39, 0.29) is 11.4 Å². The van der Waals surface area contributed by atoms with Crippen molar-refractivity contribution in [2.45, 2.75) is 38.8 Å². The maximum atomic E-state index is 13.1. The SMILES string of the molecule is CC(Cc1cccc(F)c1)NCC(C)(C)N(C)C. The maximum Gasteiger partial charge on any atom is 0.123 e. The normalized spacial score (nSPS) is 13.9. The Balaban J connectivity index is 2.45. The molecule has 0 saturated heterocycles. The van der Waals surface area contributed by atoms with Crippen molar-refractivity contribution in [3.05, 3.63) is 35.6 Å². The highest BCUT2D eigenvalue weighted by Crippen LogP contribution is 2.10. The first kappa shape index (κ1) is 15.1. The van der Waals surface area contributed by atoms with Gasteiger partial charge in [-0.25, -0.2) is 4.39 Å². The second-order valence-corrected chi connectivity index (χ2v) is 5.82. The molecule has 0 aromatic heterocycles. The fourth-order valence-electron chi connectivity index (χ4n) is 1.67. The molecule has 1 N–H and O–H groups in total. The maximum absolute atomic E-state index is 13.1. The summed E-state index contributed by atoms with van der Waals surface area (Å²) in [6, 6.07) is 7.16. The lowest BCUT2D eigenvalue weighted by atomic mass is 10.0. The van der Waals surface area contributed by atoms with Crippen molar-refractivity contribution in [3.63, 3.8) is 0 Å². The average Bonchev–Trinajstić information content (AvgIpc) is 2.26. The van der Waals surface area contributed by atoms with Gasteiger partial charge in [-0.2, -0.15) is 0 Å². The molecule has 0 aliphatic heterocycles. The molecule has 18 heavy (non-hydrogen) atoms. The monoisotopic (exact) mass is 252 g/mol. The van der Waals surface area contributed by atoms with E-state index in [9.17, 15) is 4.39 Å². The number of hydrogen-bond acceptors (Lipinski definition) is 2. The first-order valence-corrected chi connectivity index (χ1v) is 6.46. The lowest BCUT2D eigenvalue weighted by Crippen LogP contribution is -2.49. The number of rotatable bonds is 6. The summed E-state index contributed by atoms with van der Waals surface area (Å²) in [5.74, 6) is -0.159. The van der Waals surface area contributed by atoms with Crippen molar-refractivity contribution in [1.29, 1.82) is 0 Å². The first-order valence-electron chi connectivity index (χ1n) is 6.46. The van der Waals surface area contributed by atoms with Gasteiger partial charge < -0.3 is 10.2 Å². The van der Waals surface area contributed by atoms with E-state index in [1.54, 1.807) is 12.1 Å². The molecule has 0 fully saturated rings. The van der Waals surface area contributed by atoms with Crippen LogP contribution in [0.15, 0.2) is 24.3 Å². The Morgan fingerprint density at radius 1 is 1.33 bits per heavy atom. The van der Waals surface area contributed by atoms with Crippen LogP contribution in [0.25, 0.3) is 0 Å². The van der Waals surface area contributed by atoms with E-state index in [2.05, 4.69) is 45.1 Å². The van der Waals surface area contributed by atoms with Crippen LogP contribution in [0.2, 0.25) is 0 Å². The lowest BCUT2D eigenvalue weighted by Gasteiger charge is -2.34. The molecule has 0 aliphatic carbocycles. The summed E-state index contributed by atoms with van der Waals surface area (Å²) in [6.07, 6.45) is 0.848. The highest BCUT2D eigenvalue weighted by atomic mass is 19.1. The van der Waals surface area contributed by atoms with Crippen molar-refractivity contribution in [1.82, 2.24) is 10.2 Å². The number of halogens is 1. The second-order valence-electron chi connectivity index (χ2n) is 5.82. The van der Waals surface area contributed by atoms with Crippen LogP contribution in [-0.2, 0) is 6.42 Å². The third-order valence-corrected chi connectivity index (χ3v) is 3.52. The van der Waals surface area contributed by atoms with Gasteiger partial charge in [0.2, 0.25) is 0 Å². The van der Waals surface area contributed by atoms with Gasteiger partial charge in [-0.05, 0) is 59.0 Å². The van der Waals surface area contributed by atoms with Gasteiger partial charge in [0.05, 0.1) is 0 Å². The third-order valence-electron chi connectivity index (χ3n) is 3.52. The Labute approximate surface area is 110 Å².